The molecule has 5 heteroatoms. The van der Waals surface area contributed by atoms with Crippen LogP contribution in [-0.4, -0.2) is 31.3 Å². The number of carbonyl (C=O) groups excluding carboxylic acids is 3. The standard InChI is InChI=1S/C21H22O5/c1-13-5-7-18(14(2)9-13)19(23)12-26-21(24)11-17-10-16(15(3)22)6-8-20(17)25-4/h5-10H,11-12H2,1-4H3. The first kappa shape index (κ1) is 19.4. The quantitative estimate of drug-likeness (QED) is 0.562. The van der Waals surface area contributed by atoms with Crippen molar-refractivity contribution in [1.29, 1.82) is 0 Å². The lowest BCUT2D eigenvalue weighted by atomic mass is 10.0. The SMILES string of the molecule is COc1ccc(C(C)=O)cc1CC(=O)OCC(=O)c1ccc(C)cc1C. The molecule has 0 heterocycles. The van der Waals surface area contributed by atoms with Crippen LogP contribution in [0, 0.1) is 13.8 Å². The maximum absolute atomic E-state index is 12.3. The van der Waals surface area contributed by atoms with Gasteiger partial charge >= 0.3 is 5.97 Å². The van der Waals surface area contributed by atoms with Crippen molar-refractivity contribution in [3.8, 4) is 5.75 Å². The molecule has 0 aliphatic heterocycles. The Kier molecular flexibility index (Phi) is 6.28. The van der Waals surface area contributed by atoms with Gasteiger partial charge in [0, 0.05) is 16.7 Å². The van der Waals surface area contributed by atoms with E-state index in [1.807, 2.05) is 26.0 Å². The van der Waals surface area contributed by atoms with Crippen LogP contribution in [0.2, 0.25) is 0 Å². The second kappa shape index (κ2) is 8.43. The Morgan fingerprint density at radius 3 is 2.35 bits per heavy atom. The van der Waals surface area contributed by atoms with Gasteiger partial charge in [-0.15, -0.1) is 0 Å². The van der Waals surface area contributed by atoms with E-state index in [1.165, 1.54) is 14.0 Å². The topological polar surface area (TPSA) is 69.7 Å². The molecule has 0 aromatic heterocycles. The van der Waals surface area contributed by atoms with Crippen LogP contribution in [0.3, 0.4) is 0 Å². The smallest absolute Gasteiger partial charge is 0.310 e. The molecule has 0 unspecified atom stereocenters. The number of rotatable bonds is 7. The molecule has 136 valence electrons. The van der Waals surface area contributed by atoms with Crippen molar-refractivity contribution in [2.24, 2.45) is 0 Å². The van der Waals surface area contributed by atoms with Crippen molar-refractivity contribution < 1.29 is 23.9 Å². The van der Waals surface area contributed by atoms with Crippen LogP contribution in [-0.2, 0) is 16.0 Å². The van der Waals surface area contributed by atoms with E-state index in [2.05, 4.69) is 0 Å². The second-order valence-corrected chi connectivity index (χ2v) is 6.16. The van der Waals surface area contributed by atoms with Crippen LogP contribution in [0.5, 0.6) is 5.75 Å². The first-order valence-corrected chi connectivity index (χ1v) is 8.25. The summed E-state index contributed by atoms with van der Waals surface area (Å²) in [5, 5.41) is 0. The van der Waals surface area contributed by atoms with Crippen molar-refractivity contribution >= 4 is 17.5 Å². The highest BCUT2D eigenvalue weighted by Gasteiger charge is 2.15. The van der Waals surface area contributed by atoms with Crippen molar-refractivity contribution in [3.63, 3.8) is 0 Å². The molecule has 2 rings (SSSR count). The molecule has 0 radical (unpaired) electrons. The van der Waals surface area contributed by atoms with E-state index in [0.29, 0.717) is 22.4 Å². The highest BCUT2D eigenvalue weighted by atomic mass is 16.5. The van der Waals surface area contributed by atoms with Gasteiger partial charge in [-0.25, -0.2) is 0 Å². The van der Waals surface area contributed by atoms with Crippen molar-refractivity contribution in [1.82, 2.24) is 0 Å². The maximum atomic E-state index is 12.3. The molecule has 0 bridgehead atoms. The number of Topliss-reactive ketones (excluding diaryl/α,β-unsaturated/α-hetero) is 2. The summed E-state index contributed by atoms with van der Waals surface area (Å²) >= 11 is 0. The van der Waals surface area contributed by atoms with Crippen LogP contribution in [0.15, 0.2) is 36.4 Å². The third-order valence-electron chi connectivity index (χ3n) is 4.07. The van der Waals surface area contributed by atoms with Crippen LogP contribution >= 0.6 is 0 Å². The van der Waals surface area contributed by atoms with Crippen LogP contribution < -0.4 is 4.74 Å². The summed E-state index contributed by atoms with van der Waals surface area (Å²) in [7, 11) is 1.49. The lowest BCUT2D eigenvalue weighted by Gasteiger charge is -2.10. The van der Waals surface area contributed by atoms with Gasteiger partial charge < -0.3 is 9.47 Å². The van der Waals surface area contributed by atoms with Gasteiger partial charge in [-0.1, -0.05) is 23.8 Å². The summed E-state index contributed by atoms with van der Waals surface area (Å²) in [6.45, 7) is 4.92. The zero-order chi connectivity index (χ0) is 19.3. The summed E-state index contributed by atoms with van der Waals surface area (Å²) in [5.74, 6) is -0.414. The Morgan fingerprint density at radius 1 is 1.00 bits per heavy atom. The minimum atomic E-state index is -0.554. The normalized spacial score (nSPS) is 10.3. The Hall–Kier alpha value is -2.95. The maximum Gasteiger partial charge on any atom is 0.310 e. The molecule has 26 heavy (non-hydrogen) atoms. The zero-order valence-electron chi connectivity index (χ0n) is 15.4. The molecule has 0 saturated carbocycles. The molecule has 0 aliphatic carbocycles. The van der Waals surface area contributed by atoms with Gasteiger partial charge in [0.1, 0.15) is 5.75 Å². The average Bonchev–Trinajstić information content (AvgIpc) is 2.59. The third kappa shape index (κ3) is 4.79. The number of methoxy groups -OCH3 is 1. The highest BCUT2D eigenvalue weighted by Crippen LogP contribution is 2.21. The predicted molar refractivity (Wildman–Crippen MR) is 97.9 cm³/mol. The van der Waals surface area contributed by atoms with Gasteiger partial charge in [0.15, 0.2) is 12.4 Å². The number of ketones is 2. The number of hydrogen-bond donors (Lipinski definition) is 0. The van der Waals surface area contributed by atoms with Gasteiger partial charge in [0.2, 0.25) is 5.78 Å². The Labute approximate surface area is 152 Å². The molecular weight excluding hydrogens is 332 g/mol. The summed E-state index contributed by atoms with van der Waals surface area (Å²) < 4.78 is 10.3. The average molecular weight is 354 g/mol. The zero-order valence-corrected chi connectivity index (χ0v) is 15.4. The lowest BCUT2D eigenvalue weighted by molar-refractivity contribution is -0.141. The van der Waals surface area contributed by atoms with Gasteiger partial charge in [-0.2, -0.15) is 0 Å². The van der Waals surface area contributed by atoms with Crippen molar-refractivity contribution in [2.75, 3.05) is 13.7 Å². The Bertz CT molecular complexity index is 851. The fourth-order valence-electron chi connectivity index (χ4n) is 2.69. The minimum Gasteiger partial charge on any atom is -0.496 e. The number of hydrogen-bond acceptors (Lipinski definition) is 5. The van der Waals surface area contributed by atoms with Crippen molar-refractivity contribution in [3.05, 3.63) is 64.2 Å². The molecular formula is C21H22O5. The first-order chi connectivity index (χ1) is 12.3. The van der Waals surface area contributed by atoms with Crippen LogP contribution in [0.4, 0.5) is 0 Å². The van der Waals surface area contributed by atoms with Gasteiger partial charge in [-0.05, 0) is 44.5 Å². The Balaban J connectivity index is 2.03. The largest absolute Gasteiger partial charge is 0.496 e. The predicted octanol–water partition coefficient (Wildman–Crippen LogP) is 3.48. The molecule has 5 nitrogen and oxygen atoms in total. The number of ether oxygens (including phenoxy) is 2. The van der Waals surface area contributed by atoms with Crippen LogP contribution in [0.1, 0.15) is 44.3 Å². The van der Waals surface area contributed by atoms with E-state index in [4.69, 9.17) is 9.47 Å². The third-order valence-corrected chi connectivity index (χ3v) is 4.07. The molecule has 0 fully saturated rings. The van der Waals surface area contributed by atoms with Gasteiger partial charge in [-0.3, -0.25) is 14.4 Å². The van der Waals surface area contributed by atoms with Crippen molar-refractivity contribution in [2.45, 2.75) is 27.2 Å². The molecule has 2 aromatic carbocycles. The summed E-state index contributed by atoms with van der Waals surface area (Å²) in [5.41, 5.74) is 3.49. The molecule has 0 spiro atoms. The molecule has 0 amide bonds. The first-order valence-electron chi connectivity index (χ1n) is 8.25. The second-order valence-electron chi connectivity index (χ2n) is 6.16. The molecule has 0 atom stereocenters. The summed E-state index contributed by atoms with van der Waals surface area (Å²) in [6, 6.07) is 10.4. The van der Waals surface area contributed by atoms with E-state index in [1.54, 1.807) is 24.3 Å². The Morgan fingerprint density at radius 2 is 1.73 bits per heavy atom. The van der Waals surface area contributed by atoms with Crippen LogP contribution in [0.25, 0.3) is 0 Å². The number of aryl methyl sites for hydroxylation is 2. The summed E-state index contributed by atoms with van der Waals surface area (Å²) in [6.07, 6.45) is -0.0789. The molecule has 0 N–H and O–H groups in total. The number of esters is 1. The fraction of sp³-hybridized carbons (Fsp3) is 0.286. The monoisotopic (exact) mass is 354 g/mol. The fourth-order valence-corrected chi connectivity index (χ4v) is 2.69. The van der Waals surface area contributed by atoms with E-state index in [0.717, 1.165) is 11.1 Å². The van der Waals surface area contributed by atoms with Gasteiger partial charge in [0.25, 0.3) is 0 Å². The van der Waals surface area contributed by atoms with E-state index in [9.17, 15) is 14.4 Å². The lowest BCUT2D eigenvalue weighted by Crippen LogP contribution is -2.17. The van der Waals surface area contributed by atoms with E-state index >= 15 is 0 Å². The molecule has 0 aliphatic rings. The van der Waals surface area contributed by atoms with Gasteiger partial charge in [0.05, 0.1) is 13.5 Å². The number of carbonyl (C=O) groups is 3. The molecule has 2 aromatic rings. The van der Waals surface area contributed by atoms with E-state index in [-0.39, 0.29) is 24.6 Å². The van der Waals surface area contributed by atoms with E-state index < -0.39 is 5.97 Å². The highest BCUT2D eigenvalue weighted by molar-refractivity contribution is 5.99. The minimum absolute atomic E-state index is 0.0789. The molecule has 0 saturated heterocycles. The number of benzene rings is 2. The summed E-state index contributed by atoms with van der Waals surface area (Å²) in [4.78, 5) is 35.9.